The highest BCUT2D eigenvalue weighted by molar-refractivity contribution is 5.99. The van der Waals surface area contributed by atoms with E-state index in [1.165, 1.54) is 25.9 Å². The van der Waals surface area contributed by atoms with Gasteiger partial charge in [0.05, 0.1) is 11.3 Å². The predicted octanol–water partition coefficient (Wildman–Crippen LogP) is 1.31. The molecule has 1 aromatic rings. The summed E-state index contributed by atoms with van der Waals surface area (Å²) in [5, 5.41) is 6.50. The largest absolute Gasteiger partial charge is 0.489 e. The van der Waals surface area contributed by atoms with Crippen molar-refractivity contribution in [2.24, 2.45) is 5.92 Å². The van der Waals surface area contributed by atoms with Gasteiger partial charge in [0.25, 0.3) is 5.91 Å². The molecule has 1 atom stereocenters. The Morgan fingerprint density at radius 3 is 2.95 bits per heavy atom. The van der Waals surface area contributed by atoms with Crippen LogP contribution >= 0.6 is 0 Å². The lowest BCUT2D eigenvalue weighted by Crippen LogP contribution is -2.57. The van der Waals surface area contributed by atoms with Crippen molar-refractivity contribution in [3.63, 3.8) is 0 Å². The number of piperidine rings is 3. The number of benzene rings is 1. The van der Waals surface area contributed by atoms with Crippen LogP contribution < -0.4 is 15.4 Å². The van der Waals surface area contributed by atoms with E-state index >= 15 is 0 Å². The van der Waals surface area contributed by atoms with Crippen molar-refractivity contribution >= 4 is 11.6 Å². The molecule has 4 aliphatic rings. The van der Waals surface area contributed by atoms with Gasteiger partial charge in [-0.1, -0.05) is 6.07 Å². The first-order valence-electron chi connectivity index (χ1n) is 7.84. The van der Waals surface area contributed by atoms with Gasteiger partial charge >= 0.3 is 0 Å². The third-order valence-corrected chi connectivity index (χ3v) is 4.90. The number of nitrogens with one attached hydrogen (secondary N) is 2. The standard InChI is InChI=1S/C16H21N3O2/c20-16(18-14-10-19-7-4-11(14)5-8-19)12-2-1-3-13-15(12)21-9-6-17-13/h1-3,11,14,17H,4-10H2,(H,18,20). The summed E-state index contributed by atoms with van der Waals surface area (Å²) in [6, 6.07) is 6.00. The highest BCUT2D eigenvalue weighted by atomic mass is 16.5. The van der Waals surface area contributed by atoms with Gasteiger partial charge in [-0.25, -0.2) is 0 Å². The van der Waals surface area contributed by atoms with Crippen LogP contribution in [0.5, 0.6) is 5.75 Å². The smallest absolute Gasteiger partial charge is 0.255 e. The first kappa shape index (κ1) is 13.0. The minimum absolute atomic E-state index is 0.00528. The Hall–Kier alpha value is -1.75. The lowest BCUT2D eigenvalue weighted by Gasteiger charge is -2.45. The van der Waals surface area contributed by atoms with Gasteiger partial charge in [0.2, 0.25) is 0 Å². The zero-order valence-electron chi connectivity index (χ0n) is 12.1. The quantitative estimate of drug-likeness (QED) is 0.861. The summed E-state index contributed by atoms with van der Waals surface area (Å²) in [5.74, 6) is 1.33. The van der Waals surface area contributed by atoms with Gasteiger partial charge < -0.3 is 20.3 Å². The number of hydrogen-bond acceptors (Lipinski definition) is 4. The molecule has 3 saturated heterocycles. The van der Waals surface area contributed by atoms with Gasteiger partial charge in [-0.2, -0.15) is 0 Å². The number of ether oxygens (including phenoxy) is 1. The first-order valence-corrected chi connectivity index (χ1v) is 7.84. The van der Waals surface area contributed by atoms with Crippen LogP contribution in [0.4, 0.5) is 5.69 Å². The molecule has 3 fully saturated rings. The van der Waals surface area contributed by atoms with Crippen LogP contribution in [0.25, 0.3) is 0 Å². The molecule has 5 heteroatoms. The third kappa shape index (κ3) is 2.35. The van der Waals surface area contributed by atoms with Crippen molar-refractivity contribution in [2.75, 3.05) is 38.1 Å². The number of anilines is 1. The number of carbonyl (C=O) groups excluding carboxylic acids is 1. The molecule has 0 aromatic heterocycles. The number of para-hydroxylation sites is 1. The summed E-state index contributed by atoms with van der Waals surface area (Å²) in [6.45, 7) is 4.76. The maximum absolute atomic E-state index is 12.6. The summed E-state index contributed by atoms with van der Waals surface area (Å²) in [6.07, 6.45) is 2.41. The van der Waals surface area contributed by atoms with Crippen molar-refractivity contribution < 1.29 is 9.53 Å². The van der Waals surface area contributed by atoms with Gasteiger partial charge in [-0.05, 0) is 44.0 Å². The van der Waals surface area contributed by atoms with E-state index in [0.717, 1.165) is 18.8 Å². The van der Waals surface area contributed by atoms with Crippen molar-refractivity contribution in [1.82, 2.24) is 10.2 Å². The van der Waals surface area contributed by atoms with Crippen LogP contribution in [0.2, 0.25) is 0 Å². The maximum Gasteiger partial charge on any atom is 0.255 e. The zero-order chi connectivity index (χ0) is 14.2. The molecular weight excluding hydrogens is 266 g/mol. The first-order chi connectivity index (χ1) is 10.3. The monoisotopic (exact) mass is 287 g/mol. The summed E-state index contributed by atoms with van der Waals surface area (Å²) in [5.41, 5.74) is 1.57. The van der Waals surface area contributed by atoms with E-state index in [-0.39, 0.29) is 11.9 Å². The number of hydrogen-bond donors (Lipinski definition) is 2. The number of nitrogens with zero attached hydrogens (tertiary/aromatic N) is 1. The van der Waals surface area contributed by atoms with Crippen molar-refractivity contribution in [1.29, 1.82) is 0 Å². The highest BCUT2D eigenvalue weighted by Crippen LogP contribution is 2.32. The summed E-state index contributed by atoms with van der Waals surface area (Å²) < 4.78 is 5.69. The SMILES string of the molecule is O=C(NC1CN2CCC1CC2)c1cccc2c1OCCN2. The number of carbonyl (C=O) groups is 1. The Labute approximate surface area is 124 Å². The molecule has 4 heterocycles. The third-order valence-electron chi connectivity index (χ3n) is 4.90. The fourth-order valence-corrected chi connectivity index (χ4v) is 3.72. The predicted molar refractivity (Wildman–Crippen MR) is 80.8 cm³/mol. The molecule has 112 valence electrons. The molecule has 5 nitrogen and oxygen atoms in total. The van der Waals surface area contributed by atoms with Crippen molar-refractivity contribution in [3.05, 3.63) is 23.8 Å². The molecule has 1 unspecified atom stereocenters. The average molecular weight is 287 g/mol. The second-order valence-electron chi connectivity index (χ2n) is 6.18. The topological polar surface area (TPSA) is 53.6 Å². The van der Waals surface area contributed by atoms with Gasteiger partial charge in [0.15, 0.2) is 5.75 Å². The van der Waals surface area contributed by atoms with Crippen LogP contribution in [-0.2, 0) is 0 Å². The second kappa shape index (κ2) is 5.22. The van der Waals surface area contributed by atoms with E-state index in [1.54, 1.807) is 0 Å². The number of fused-ring (bicyclic) bond motifs is 4. The van der Waals surface area contributed by atoms with Gasteiger partial charge in [0.1, 0.15) is 6.61 Å². The lowest BCUT2D eigenvalue weighted by molar-refractivity contribution is 0.0618. The molecule has 2 N–H and O–H groups in total. The van der Waals surface area contributed by atoms with E-state index in [1.807, 2.05) is 18.2 Å². The van der Waals surface area contributed by atoms with E-state index < -0.39 is 0 Å². The summed E-state index contributed by atoms with van der Waals surface area (Å²) in [7, 11) is 0. The molecule has 1 amide bonds. The molecule has 0 saturated carbocycles. The summed E-state index contributed by atoms with van der Waals surface area (Å²) in [4.78, 5) is 15.1. The Balaban J connectivity index is 1.53. The summed E-state index contributed by atoms with van der Waals surface area (Å²) >= 11 is 0. The molecular formula is C16H21N3O2. The Kier molecular flexibility index (Phi) is 3.22. The molecule has 5 rings (SSSR count). The van der Waals surface area contributed by atoms with E-state index in [9.17, 15) is 4.79 Å². The molecule has 0 spiro atoms. The minimum Gasteiger partial charge on any atom is -0.489 e. The molecule has 1 aromatic carbocycles. The van der Waals surface area contributed by atoms with E-state index in [0.29, 0.717) is 23.8 Å². The van der Waals surface area contributed by atoms with Crippen LogP contribution in [0.15, 0.2) is 18.2 Å². The van der Waals surface area contributed by atoms with E-state index in [4.69, 9.17) is 4.74 Å². The fraction of sp³-hybridized carbons (Fsp3) is 0.562. The van der Waals surface area contributed by atoms with Crippen molar-refractivity contribution in [3.8, 4) is 5.75 Å². The maximum atomic E-state index is 12.6. The normalized spacial score (nSPS) is 30.0. The minimum atomic E-state index is -0.00528. The zero-order valence-corrected chi connectivity index (χ0v) is 12.1. The molecule has 4 aliphatic heterocycles. The Bertz CT molecular complexity index is 552. The molecule has 2 bridgehead atoms. The highest BCUT2D eigenvalue weighted by Gasteiger charge is 2.35. The molecule has 0 aliphatic carbocycles. The number of rotatable bonds is 2. The second-order valence-corrected chi connectivity index (χ2v) is 6.18. The van der Waals surface area contributed by atoms with E-state index in [2.05, 4.69) is 15.5 Å². The molecule has 0 radical (unpaired) electrons. The molecule has 21 heavy (non-hydrogen) atoms. The average Bonchev–Trinajstić information content (AvgIpc) is 2.55. The Morgan fingerprint density at radius 2 is 2.19 bits per heavy atom. The van der Waals surface area contributed by atoms with Gasteiger partial charge in [-0.3, -0.25) is 4.79 Å². The van der Waals surface area contributed by atoms with Gasteiger partial charge in [-0.15, -0.1) is 0 Å². The number of amides is 1. The Morgan fingerprint density at radius 1 is 1.33 bits per heavy atom. The lowest BCUT2D eigenvalue weighted by atomic mass is 9.84. The van der Waals surface area contributed by atoms with Crippen molar-refractivity contribution in [2.45, 2.75) is 18.9 Å². The van der Waals surface area contributed by atoms with Crippen LogP contribution in [-0.4, -0.2) is 49.6 Å². The van der Waals surface area contributed by atoms with Crippen LogP contribution in [0, 0.1) is 5.92 Å². The van der Waals surface area contributed by atoms with Crippen LogP contribution in [0.1, 0.15) is 23.2 Å². The van der Waals surface area contributed by atoms with Crippen LogP contribution in [0.3, 0.4) is 0 Å². The fourth-order valence-electron chi connectivity index (χ4n) is 3.72. The van der Waals surface area contributed by atoms with Gasteiger partial charge in [0, 0.05) is 19.1 Å².